The fourth-order valence-electron chi connectivity index (χ4n) is 1.76. The van der Waals surface area contributed by atoms with Crippen LogP contribution in [0.1, 0.15) is 30.6 Å². The van der Waals surface area contributed by atoms with E-state index in [1.807, 2.05) is 13.8 Å². The van der Waals surface area contributed by atoms with E-state index in [1.54, 1.807) is 12.1 Å². The van der Waals surface area contributed by atoms with Gasteiger partial charge in [0.25, 0.3) is 0 Å². The molecule has 92 valence electrons. The summed E-state index contributed by atoms with van der Waals surface area (Å²) in [6, 6.07) is 3.37. The van der Waals surface area contributed by atoms with Crippen LogP contribution in [0.15, 0.2) is 12.1 Å². The van der Waals surface area contributed by atoms with Gasteiger partial charge in [-0.25, -0.2) is 0 Å². The van der Waals surface area contributed by atoms with E-state index in [2.05, 4.69) is 0 Å². The molecule has 1 aromatic rings. The monoisotopic (exact) mass is 254 g/mol. The summed E-state index contributed by atoms with van der Waals surface area (Å²) in [5.41, 5.74) is 0.591. The van der Waals surface area contributed by atoms with E-state index in [9.17, 15) is 4.79 Å². The molecule has 0 spiro atoms. The van der Waals surface area contributed by atoms with Gasteiger partial charge >= 0.3 is 0 Å². The Bertz CT molecular complexity index is 441. The Kier molecular flexibility index (Phi) is 3.57. The van der Waals surface area contributed by atoms with Crippen LogP contribution in [-0.2, 0) is 0 Å². The second kappa shape index (κ2) is 4.96. The zero-order valence-corrected chi connectivity index (χ0v) is 10.7. The first-order valence-electron chi connectivity index (χ1n) is 5.70. The zero-order valence-electron chi connectivity index (χ0n) is 9.96. The first-order chi connectivity index (χ1) is 8.08. The molecule has 0 radical (unpaired) electrons. The van der Waals surface area contributed by atoms with Gasteiger partial charge in [-0.05, 0) is 18.1 Å². The first-order valence-corrected chi connectivity index (χ1v) is 6.08. The van der Waals surface area contributed by atoms with Crippen LogP contribution in [0.5, 0.6) is 11.5 Å². The molecule has 0 aromatic heterocycles. The molecular formula is C13H15ClO3. The number of hydrogen-bond acceptors (Lipinski definition) is 3. The van der Waals surface area contributed by atoms with E-state index >= 15 is 0 Å². The van der Waals surface area contributed by atoms with Gasteiger partial charge in [0, 0.05) is 12.0 Å². The third-order valence-corrected chi connectivity index (χ3v) is 2.79. The molecule has 1 aliphatic rings. The number of ether oxygens (including phenoxy) is 2. The van der Waals surface area contributed by atoms with Crippen molar-refractivity contribution < 1.29 is 14.3 Å². The van der Waals surface area contributed by atoms with Gasteiger partial charge in [-0.3, -0.25) is 4.79 Å². The van der Waals surface area contributed by atoms with E-state index in [1.165, 1.54) is 0 Å². The molecule has 4 heteroatoms. The van der Waals surface area contributed by atoms with Crippen LogP contribution >= 0.6 is 11.6 Å². The average Bonchev–Trinajstić information content (AvgIpc) is 2.28. The molecule has 0 amide bonds. The van der Waals surface area contributed by atoms with Crippen molar-refractivity contribution in [2.45, 2.75) is 20.3 Å². The third kappa shape index (κ3) is 2.72. The smallest absolute Gasteiger partial charge is 0.179 e. The molecule has 17 heavy (non-hydrogen) atoms. The van der Waals surface area contributed by atoms with Crippen molar-refractivity contribution in [2.75, 3.05) is 13.2 Å². The second-order valence-corrected chi connectivity index (χ2v) is 4.91. The van der Waals surface area contributed by atoms with Gasteiger partial charge in [0.1, 0.15) is 13.2 Å². The van der Waals surface area contributed by atoms with Crippen LogP contribution in [0, 0.1) is 5.92 Å². The lowest BCUT2D eigenvalue weighted by Gasteiger charge is -2.20. The minimum atomic E-state index is 0.0823. The molecule has 1 aliphatic heterocycles. The highest BCUT2D eigenvalue weighted by Gasteiger charge is 2.19. The van der Waals surface area contributed by atoms with Crippen molar-refractivity contribution in [1.82, 2.24) is 0 Å². The minimum absolute atomic E-state index is 0.0823. The molecule has 0 saturated heterocycles. The lowest BCUT2D eigenvalue weighted by atomic mass is 10.0. The molecule has 0 unspecified atom stereocenters. The van der Waals surface area contributed by atoms with Crippen molar-refractivity contribution in [3.05, 3.63) is 22.7 Å². The second-order valence-electron chi connectivity index (χ2n) is 4.50. The topological polar surface area (TPSA) is 35.5 Å². The Morgan fingerprint density at radius 1 is 1.35 bits per heavy atom. The van der Waals surface area contributed by atoms with E-state index in [0.29, 0.717) is 47.6 Å². The van der Waals surface area contributed by atoms with Crippen LogP contribution in [0.2, 0.25) is 5.02 Å². The minimum Gasteiger partial charge on any atom is -0.486 e. The predicted molar refractivity (Wildman–Crippen MR) is 66.2 cm³/mol. The molecule has 2 rings (SSSR count). The Morgan fingerprint density at radius 2 is 2.06 bits per heavy atom. The fraction of sp³-hybridized carbons (Fsp3) is 0.462. The molecule has 1 heterocycles. The van der Waals surface area contributed by atoms with Gasteiger partial charge in [0.15, 0.2) is 17.3 Å². The molecule has 0 saturated carbocycles. The summed E-state index contributed by atoms with van der Waals surface area (Å²) >= 11 is 6.07. The Balaban J connectivity index is 2.30. The van der Waals surface area contributed by atoms with E-state index in [-0.39, 0.29) is 5.78 Å². The number of carbonyl (C=O) groups is 1. The van der Waals surface area contributed by atoms with Crippen molar-refractivity contribution in [3.8, 4) is 11.5 Å². The first kappa shape index (κ1) is 12.2. The van der Waals surface area contributed by atoms with Crippen molar-refractivity contribution in [3.63, 3.8) is 0 Å². The number of hydrogen-bond donors (Lipinski definition) is 0. The van der Waals surface area contributed by atoms with Gasteiger partial charge < -0.3 is 9.47 Å². The third-order valence-electron chi connectivity index (χ3n) is 2.51. The summed E-state index contributed by atoms with van der Waals surface area (Å²) in [5, 5.41) is 0.439. The van der Waals surface area contributed by atoms with Crippen molar-refractivity contribution in [1.29, 1.82) is 0 Å². The van der Waals surface area contributed by atoms with Crippen LogP contribution in [-0.4, -0.2) is 19.0 Å². The summed E-state index contributed by atoms with van der Waals surface area (Å²) < 4.78 is 10.8. The van der Waals surface area contributed by atoms with Gasteiger partial charge in [-0.1, -0.05) is 25.4 Å². The maximum Gasteiger partial charge on any atom is 0.179 e. The molecule has 0 atom stereocenters. The highest BCUT2D eigenvalue weighted by molar-refractivity contribution is 6.32. The highest BCUT2D eigenvalue weighted by atomic mass is 35.5. The lowest BCUT2D eigenvalue weighted by Crippen LogP contribution is -2.16. The maximum absolute atomic E-state index is 11.9. The quantitative estimate of drug-likeness (QED) is 0.776. The number of Topliss-reactive ketones (excluding diaryl/α,β-unsaturated/α-hetero) is 1. The van der Waals surface area contributed by atoms with Crippen LogP contribution < -0.4 is 9.47 Å². The predicted octanol–water partition coefficient (Wildman–Crippen LogP) is 3.34. The Labute approximate surface area is 106 Å². The molecule has 1 aromatic carbocycles. The number of benzene rings is 1. The largest absolute Gasteiger partial charge is 0.486 e. The number of halogens is 1. The number of rotatable bonds is 3. The molecular weight excluding hydrogens is 240 g/mol. The van der Waals surface area contributed by atoms with E-state index in [4.69, 9.17) is 21.1 Å². The van der Waals surface area contributed by atoms with Crippen LogP contribution in [0.4, 0.5) is 0 Å². The Morgan fingerprint density at radius 3 is 2.76 bits per heavy atom. The molecule has 3 nitrogen and oxygen atoms in total. The van der Waals surface area contributed by atoms with Gasteiger partial charge in [0.2, 0.25) is 0 Å². The standard InChI is InChI=1S/C13H15ClO3/c1-8(2)5-11(15)9-6-10(14)13-12(7-9)16-3-4-17-13/h6-8H,3-5H2,1-2H3. The SMILES string of the molecule is CC(C)CC(=O)c1cc(Cl)c2c(c1)OCCO2. The van der Waals surface area contributed by atoms with Gasteiger partial charge in [-0.15, -0.1) is 0 Å². The molecule has 0 bridgehead atoms. The van der Waals surface area contributed by atoms with Gasteiger partial charge in [-0.2, -0.15) is 0 Å². The summed E-state index contributed by atoms with van der Waals surface area (Å²) in [6.07, 6.45) is 0.510. The molecule has 0 fully saturated rings. The number of carbonyl (C=O) groups excluding carboxylic acids is 1. The van der Waals surface area contributed by atoms with E-state index < -0.39 is 0 Å². The van der Waals surface area contributed by atoms with E-state index in [0.717, 1.165) is 0 Å². The van der Waals surface area contributed by atoms with Crippen molar-refractivity contribution in [2.24, 2.45) is 5.92 Å². The van der Waals surface area contributed by atoms with Crippen molar-refractivity contribution >= 4 is 17.4 Å². The zero-order chi connectivity index (χ0) is 12.4. The Hall–Kier alpha value is -1.22. The molecule has 0 N–H and O–H groups in total. The summed E-state index contributed by atoms with van der Waals surface area (Å²) in [5.74, 6) is 1.52. The number of fused-ring (bicyclic) bond motifs is 1. The highest BCUT2D eigenvalue weighted by Crippen LogP contribution is 2.38. The molecule has 0 aliphatic carbocycles. The average molecular weight is 255 g/mol. The van der Waals surface area contributed by atoms with Crippen LogP contribution in [0.3, 0.4) is 0 Å². The normalized spacial score (nSPS) is 13.9. The maximum atomic E-state index is 11.9. The van der Waals surface area contributed by atoms with Gasteiger partial charge in [0.05, 0.1) is 5.02 Å². The number of ketones is 1. The van der Waals surface area contributed by atoms with Crippen LogP contribution in [0.25, 0.3) is 0 Å². The fourth-order valence-corrected chi connectivity index (χ4v) is 2.03. The summed E-state index contributed by atoms with van der Waals surface area (Å²) in [7, 11) is 0. The summed E-state index contributed by atoms with van der Waals surface area (Å²) in [6.45, 7) is 5.01. The lowest BCUT2D eigenvalue weighted by molar-refractivity contribution is 0.0966. The summed E-state index contributed by atoms with van der Waals surface area (Å²) in [4.78, 5) is 11.9.